The first-order chi connectivity index (χ1) is 27.7. The number of fused-ring (bicyclic) bond motifs is 2. The Hall–Kier alpha value is -7.84. The summed E-state index contributed by atoms with van der Waals surface area (Å²) in [6.07, 6.45) is 7.29. The maximum absolute atomic E-state index is 6.34. The number of hydrogen-bond acceptors (Lipinski definition) is 8. The summed E-state index contributed by atoms with van der Waals surface area (Å²) in [5.74, 6) is 1.12. The van der Waals surface area contributed by atoms with E-state index < -0.39 is 0 Å². The van der Waals surface area contributed by atoms with Crippen molar-refractivity contribution in [3.63, 3.8) is 0 Å². The summed E-state index contributed by atoms with van der Waals surface area (Å²) in [7, 11) is 0. The fourth-order valence-corrected chi connectivity index (χ4v) is 6.98. The number of aromatic nitrogens is 4. The molecule has 0 aliphatic carbocycles. The van der Waals surface area contributed by atoms with Gasteiger partial charge in [0, 0.05) is 46.3 Å². The van der Waals surface area contributed by atoms with Gasteiger partial charge in [0.1, 0.15) is 11.0 Å². The molecular formula is C48H32N6O2. The zero-order valence-corrected chi connectivity index (χ0v) is 30.0. The molecule has 56 heavy (non-hydrogen) atoms. The molecule has 0 aliphatic heterocycles. The summed E-state index contributed by atoms with van der Waals surface area (Å²) >= 11 is 0. The third-order valence-corrected chi connectivity index (χ3v) is 9.69. The maximum Gasteiger partial charge on any atom is 0.227 e. The number of rotatable bonds is 9. The number of oxazole rings is 2. The molecular weight excluding hydrogens is 693 g/mol. The van der Waals surface area contributed by atoms with Gasteiger partial charge in [0.2, 0.25) is 11.8 Å². The summed E-state index contributed by atoms with van der Waals surface area (Å²) in [6, 6.07) is 57.1. The average molecular weight is 725 g/mol. The molecule has 0 fully saturated rings. The molecule has 0 saturated heterocycles. The molecule has 0 atom stereocenters. The molecule has 0 aliphatic rings. The largest absolute Gasteiger partial charge is 0.436 e. The fourth-order valence-electron chi connectivity index (χ4n) is 6.98. The maximum atomic E-state index is 6.34. The van der Waals surface area contributed by atoms with E-state index in [1.165, 1.54) is 0 Å². The van der Waals surface area contributed by atoms with Gasteiger partial charge in [-0.25, -0.2) is 9.97 Å². The van der Waals surface area contributed by atoms with Crippen LogP contribution in [0.4, 0.5) is 34.1 Å². The van der Waals surface area contributed by atoms with Crippen molar-refractivity contribution in [2.24, 2.45) is 0 Å². The Labute approximate surface area is 322 Å². The Kier molecular flexibility index (Phi) is 8.31. The van der Waals surface area contributed by atoms with E-state index in [1.807, 2.05) is 109 Å². The fraction of sp³-hybridized carbons (Fsp3) is 0. The van der Waals surface area contributed by atoms with Crippen LogP contribution in [0.25, 0.3) is 56.2 Å². The summed E-state index contributed by atoms with van der Waals surface area (Å²) < 4.78 is 12.7. The lowest BCUT2D eigenvalue weighted by molar-refractivity contribution is 0.619. The summed E-state index contributed by atoms with van der Waals surface area (Å²) in [5.41, 5.74) is 12.8. The van der Waals surface area contributed by atoms with Crippen LogP contribution in [0.2, 0.25) is 0 Å². The first kappa shape index (κ1) is 32.8. The predicted molar refractivity (Wildman–Crippen MR) is 223 cm³/mol. The molecule has 0 saturated carbocycles. The zero-order chi connectivity index (χ0) is 37.3. The van der Waals surface area contributed by atoms with Crippen molar-refractivity contribution in [2.75, 3.05) is 9.80 Å². The van der Waals surface area contributed by atoms with Gasteiger partial charge in [-0.15, -0.1) is 0 Å². The van der Waals surface area contributed by atoms with E-state index in [-0.39, 0.29) is 0 Å². The van der Waals surface area contributed by atoms with E-state index in [9.17, 15) is 0 Å². The van der Waals surface area contributed by atoms with Crippen LogP contribution in [0.3, 0.4) is 0 Å². The number of pyridine rings is 2. The molecule has 8 heteroatoms. The van der Waals surface area contributed by atoms with Crippen LogP contribution in [-0.2, 0) is 0 Å². The van der Waals surface area contributed by atoms with E-state index in [1.54, 1.807) is 12.4 Å². The van der Waals surface area contributed by atoms with Crippen molar-refractivity contribution >= 4 is 56.3 Å². The van der Waals surface area contributed by atoms with Gasteiger partial charge in [-0.3, -0.25) is 9.97 Å². The minimum atomic E-state index is 0.560. The van der Waals surface area contributed by atoms with Crippen LogP contribution >= 0.6 is 0 Å². The summed E-state index contributed by atoms with van der Waals surface area (Å²) in [6.45, 7) is 0. The normalized spacial score (nSPS) is 11.2. The third kappa shape index (κ3) is 6.31. The molecule has 10 rings (SSSR count). The van der Waals surface area contributed by atoms with Crippen LogP contribution in [0.5, 0.6) is 0 Å². The number of nitrogens with zero attached hydrogens (tertiary/aromatic N) is 6. The Balaban J connectivity index is 0.905. The van der Waals surface area contributed by atoms with Crippen molar-refractivity contribution in [3.05, 3.63) is 195 Å². The highest BCUT2D eigenvalue weighted by atomic mass is 16.4. The van der Waals surface area contributed by atoms with Gasteiger partial charge in [0.05, 0.1) is 23.8 Å². The predicted octanol–water partition coefficient (Wildman–Crippen LogP) is 12.7. The van der Waals surface area contributed by atoms with Crippen LogP contribution in [-0.4, -0.2) is 19.9 Å². The molecule has 0 spiro atoms. The monoisotopic (exact) mass is 724 g/mol. The lowest BCUT2D eigenvalue weighted by atomic mass is 10.1. The number of benzene rings is 6. The summed E-state index contributed by atoms with van der Waals surface area (Å²) in [5, 5.41) is 0. The second-order valence-electron chi connectivity index (χ2n) is 13.3. The zero-order valence-electron chi connectivity index (χ0n) is 30.0. The standard InChI is InChI=1S/C48H32N6O2/c1-3-9-37(10-4-1)53(41-13-7-27-49-31-41)39-21-15-33(16-22-39)47-51-43-25-19-35(29-45(43)55-47)36-20-26-44-46(30-36)56-48(52-44)34-17-23-40(24-18-34)54(38-11-5-2-6-12-38)42-14-8-28-50-32-42/h1-32H. The second-order valence-corrected chi connectivity index (χ2v) is 13.3. The first-order valence-corrected chi connectivity index (χ1v) is 18.3. The highest BCUT2D eigenvalue weighted by molar-refractivity contribution is 5.87. The van der Waals surface area contributed by atoms with E-state index in [0.29, 0.717) is 22.9 Å². The van der Waals surface area contributed by atoms with Gasteiger partial charge in [-0.05, 0) is 132 Å². The van der Waals surface area contributed by atoms with Gasteiger partial charge >= 0.3 is 0 Å². The van der Waals surface area contributed by atoms with Gasteiger partial charge in [-0.2, -0.15) is 0 Å². The molecule has 6 aromatic carbocycles. The SMILES string of the molecule is c1ccc(N(c2ccc(-c3nc4ccc(-c5ccc6nc(-c7ccc(N(c8ccccc8)c8cccnc8)cc7)oc6c5)cc4o3)cc2)c2cccnc2)cc1. The number of para-hydroxylation sites is 2. The van der Waals surface area contributed by atoms with E-state index in [0.717, 1.165) is 67.4 Å². The Bertz CT molecular complexity index is 2620. The van der Waals surface area contributed by atoms with E-state index in [4.69, 9.17) is 18.8 Å². The van der Waals surface area contributed by atoms with E-state index >= 15 is 0 Å². The lowest BCUT2D eigenvalue weighted by Crippen LogP contribution is -2.09. The lowest BCUT2D eigenvalue weighted by Gasteiger charge is -2.25. The highest BCUT2D eigenvalue weighted by Gasteiger charge is 2.17. The van der Waals surface area contributed by atoms with Crippen LogP contribution in [0.1, 0.15) is 0 Å². The molecule has 0 N–H and O–H groups in total. The van der Waals surface area contributed by atoms with Gasteiger partial charge < -0.3 is 18.6 Å². The molecule has 266 valence electrons. The van der Waals surface area contributed by atoms with E-state index in [2.05, 4.69) is 92.6 Å². The van der Waals surface area contributed by atoms with Crippen molar-refractivity contribution in [1.29, 1.82) is 0 Å². The quantitative estimate of drug-likeness (QED) is 0.145. The Morgan fingerprint density at radius 3 is 1.11 bits per heavy atom. The minimum absolute atomic E-state index is 0.560. The average Bonchev–Trinajstić information content (AvgIpc) is 3.90. The molecule has 0 amide bonds. The minimum Gasteiger partial charge on any atom is -0.436 e. The van der Waals surface area contributed by atoms with Crippen LogP contribution in [0.15, 0.2) is 203 Å². The first-order valence-electron chi connectivity index (χ1n) is 18.3. The number of hydrogen-bond donors (Lipinski definition) is 0. The van der Waals surface area contributed by atoms with Crippen molar-refractivity contribution in [2.45, 2.75) is 0 Å². The summed E-state index contributed by atoms with van der Waals surface area (Å²) in [4.78, 5) is 22.7. The van der Waals surface area contributed by atoms with Crippen molar-refractivity contribution in [1.82, 2.24) is 19.9 Å². The molecule has 0 radical (unpaired) electrons. The van der Waals surface area contributed by atoms with Crippen molar-refractivity contribution in [3.8, 4) is 34.0 Å². The van der Waals surface area contributed by atoms with Crippen molar-refractivity contribution < 1.29 is 8.83 Å². The highest BCUT2D eigenvalue weighted by Crippen LogP contribution is 2.38. The smallest absolute Gasteiger partial charge is 0.227 e. The molecule has 0 unspecified atom stereocenters. The van der Waals surface area contributed by atoms with Gasteiger partial charge in [-0.1, -0.05) is 48.5 Å². The topological polar surface area (TPSA) is 84.3 Å². The van der Waals surface area contributed by atoms with Gasteiger partial charge in [0.15, 0.2) is 11.2 Å². The molecule has 4 aromatic heterocycles. The van der Waals surface area contributed by atoms with Gasteiger partial charge in [0.25, 0.3) is 0 Å². The van der Waals surface area contributed by atoms with Crippen LogP contribution < -0.4 is 9.80 Å². The Morgan fingerprint density at radius 2 is 0.714 bits per heavy atom. The molecule has 10 aromatic rings. The molecule has 4 heterocycles. The van der Waals surface area contributed by atoms with Crippen LogP contribution in [0, 0.1) is 0 Å². The third-order valence-electron chi connectivity index (χ3n) is 9.69. The molecule has 0 bridgehead atoms. The molecule has 8 nitrogen and oxygen atoms in total. The Morgan fingerprint density at radius 1 is 0.339 bits per heavy atom. The second kappa shape index (κ2) is 14.2. The number of anilines is 6.